The normalized spacial score (nSPS) is 24.9. The van der Waals surface area contributed by atoms with Crippen LogP contribution >= 0.6 is 23.2 Å². The van der Waals surface area contributed by atoms with Crippen molar-refractivity contribution in [2.75, 3.05) is 0 Å². The van der Waals surface area contributed by atoms with Gasteiger partial charge in [-0.3, -0.25) is 0 Å². The minimum atomic E-state index is -1.93. The Kier molecular flexibility index (Phi) is 6.19. The molecule has 86 valence electrons. The fourth-order valence-electron chi connectivity index (χ4n) is 0.729. The molecule has 0 heterocycles. The summed E-state index contributed by atoms with van der Waals surface area (Å²) in [7, 11) is 0. The van der Waals surface area contributed by atoms with Crippen LogP contribution in [0.3, 0.4) is 0 Å². The van der Waals surface area contributed by atoms with Crippen molar-refractivity contribution in [1.82, 2.24) is 0 Å². The van der Waals surface area contributed by atoms with Crippen molar-refractivity contribution < 1.29 is 30.6 Å². The molecule has 0 spiro atoms. The molecule has 8 heteroatoms. The molecule has 0 aliphatic carbocycles. The lowest BCUT2D eigenvalue weighted by molar-refractivity contribution is -0.133. The second kappa shape index (κ2) is 6.04. The molecule has 0 saturated heterocycles. The van der Waals surface area contributed by atoms with Gasteiger partial charge in [-0.1, -0.05) is 23.2 Å². The number of rotatable bonds is 5. The first-order chi connectivity index (χ1) is 6.29. The Morgan fingerprint density at radius 3 is 0.857 bits per heavy atom. The summed E-state index contributed by atoms with van der Waals surface area (Å²) >= 11 is 10.0. The average molecular weight is 251 g/mol. The predicted octanol–water partition coefficient (Wildman–Crippen LogP) is -2.46. The number of hydrogen-bond donors (Lipinski definition) is 6. The summed E-state index contributed by atoms with van der Waals surface area (Å²) < 4.78 is 0. The SMILES string of the molecule is O[C@H]([C@H](O)[C@H](O)[C@H](O)Cl)[C@@H](O)[C@H](O)Cl. The quantitative estimate of drug-likeness (QED) is 0.301. The Balaban J connectivity index is 4.30. The van der Waals surface area contributed by atoms with Gasteiger partial charge in [-0.2, -0.15) is 0 Å². The minimum Gasteiger partial charge on any atom is -0.387 e. The van der Waals surface area contributed by atoms with Gasteiger partial charge in [0.05, 0.1) is 0 Å². The lowest BCUT2D eigenvalue weighted by Gasteiger charge is -2.27. The molecule has 0 radical (unpaired) electrons. The number of aliphatic hydroxyl groups is 6. The highest BCUT2D eigenvalue weighted by Crippen LogP contribution is 2.13. The van der Waals surface area contributed by atoms with Crippen molar-refractivity contribution in [2.24, 2.45) is 0 Å². The summed E-state index contributed by atoms with van der Waals surface area (Å²) in [4.78, 5) is 0. The van der Waals surface area contributed by atoms with Gasteiger partial charge in [-0.05, 0) is 0 Å². The van der Waals surface area contributed by atoms with E-state index < -0.39 is 35.5 Å². The standard InChI is InChI=1S/C6H12Cl2O6/c7-5(13)3(11)1(9)2(10)4(12)6(8)14/h1-6,9-14H/t1-,2+,3-,4+,5-,6-/m0/s1. The Morgan fingerprint density at radius 2 is 0.714 bits per heavy atom. The second-order valence-electron chi connectivity index (χ2n) is 2.71. The van der Waals surface area contributed by atoms with Gasteiger partial charge in [0.15, 0.2) is 11.1 Å². The summed E-state index contributed by atoms with van der Waals surface area (Å²) in [5, 5.41) is 53.4. The van der Waals surface area contributed by atoms with Gasteiger partial charge in [0, 0.05) is 0 Å². The Labute approximate surface area is 89.9 Å². The van der Waals surface area contributed by atoms with Crippen molar-refractivity contribution in [3.8, 4) is 0 Å². The third kappa shape index (κ3) is 3.84. The lowest BCUT2D eigenvalue weighted by Crippen LogP contribution is -2.50. The number of hydrogen-bond acceptors (Lipinski definition) is 6. The van der Waals surface area contributed by atoms with Crippen LogP contribution in [0.15, 0.2) is 0 Å². The average Bonchev–Trinajstić information content (AvgIpc) is 2.12. The minimum absolute atomic E-state index is 1.81. The molecule has 0 fully saturated rings. The smallest absolute Gasteiger partial charge is 0.156 e. The van der Waals surface area contributed by atoms with E-state index in [4.69, 9.17) is 53.8 Å². The van der Waals surface area contributed by atoms with Crippen LogP contribution < -0.4 is 0 Å². The van der Waals surface area contributed by atoms with Crippen molar-refractivity contribution in [1.29, 1.82) is 0 Å². The van der Waals surface area contributed by atoms with E-state index in [-0.39, 0.29) is 0 Å². The third-order valence-corrected chi connectivity index (χ3v) is 2.13. The van der Waals surface area contributed by atoms with E-state index in [0.29, 0.717) is 0 Å². The van der Waals surface area contributed by atoms with E-state index >= 15 is 0 Å². The summed E-state index contributed by atoms with van der Waals surface area (Å²) in [5.74, 6) is 0. The van der Waals surface area contributed by atoms with Crippen LogP contribution in [0, 0.1) is 0 Å². The van der Waals surface area contributed by atoms with E-state index in [2.05, 4.69) is 0 Å². The lowest BCUT2D eigenvalue weighted by atomic mass is 10.0. The van der Waals surface area contributed by atoms with E-state index in [1.54, 1.807) is 0 Å². The number of alkyl halides is 2. The summed E-state index contributed by atoms with van der Waals surface area (Å²) in [6, 6.07) is 0. The Hall–Kier alpha value is 0.340. The summed E-state index contributed by atoms with van der Waals surface area (Å²) in [6.07, 6.45) is -7.58. The molecular weight excluding hydrogens is 239 g/mol. The molecule has 6 atom stereocenters. The van der Waals surface area contributed by atoms with Crippen LogP contribution in [0.1, 0.15) is 0 Å². The zero-order valence-electron chi connectivity index (χ0n) is 6.90. The van der Waals surface area contributed by atoms with E-state index in [0.717, 1.165) is 0 Å². The first-order valence-corrected chi connectivity index (χ1v) is 4.53. The maximum atomic E-state index is 9.10. The third-order valence-electron chi connectivity index (χ3n) is 1.61. The molecule has 0 aliphatic heterocycles. The highest BCUT2D eigenvalue weighted by atomic mass is 35.5. The molecule has 0 aromatic carbocycles. The highest BCUT2D eigenvalue weighted by molar-refractivity contribution is 6.20. The van der Waals surface area contributed by atoms with Gasteiger partial charge in [0.2, 0.25) is 0 Å². The Morgan fingerprint density at radius 1 is 0.500 bits per heavy atom. The maximum Gasteiger partial charge on any atom is 0.156 e. The molecule has 0 amide bonds. The molecule has 0 aromatic rings. The zero-order valence-corrected chi connectivity index (χ0v) is 8.42. The molecular formula is C6H12Cl2O6. The Bertz CT molecular complexity index is 148. The van der Waals surface area contributed by atoms with Crippen LogP contribution in [-0.4, -0.2) is 66.2 Å². The number of aliphatic hydroxyl groups excluding tert-OH is 6. The first-order valence-electron chi connectivity index (χ1n) is 3.65. The molecule has 0 unspecified atom stereocenters. The fraction of sp³-hybridized carbons (Fsp3) is 1.00. The second-order valence-corrected chi connectivity index (χ2v) is 3.60. The van der Waals surface area contributed by atoms with Crippen molar-refractivity contribution in [3.05, 3.63) is 0 Å². The van der Waals surface area contributed by atoms with E-state index in [1.165, 1.54) is 0 Å². The zero-order chi connectivity index (χ0) is 11.5. The molecule has 14 heavy (non-hydrogen) atoms. The monoisotopic (exact) mass is 250 g/mol. The van der Waals surface area contributed by atoms with Gasteiger partial charge in [0.25, 0.3) is 0 Å². The molecule has 0 rings (SSSR count). The summed E-state index contributed by atoms with van der Waals surface area (Å²) in [5.41, 5.74) is -3.61. The van der Waals surface area contributed by atoms with Gasteiger partial charge < -0.3 is 30.6 Å². The van der Waals surface area contributed by atoms with Gasteiger partial charge in [-0.25, -0.2) is 0 Å². The van der Waals surface area contributed by atoms with Crippen LogP contribution in [0.25, 0.3) is 0 Å². The molecule has 0 bridgehead atoms. The predicted molar refractivity (Wildman–Crippen MR) is 47.7 cm³/mol. The van der Waals surface area contributed by atoms with Gasteiger partial charge >= 0.3 is 0 Å². The largest absolute Gasteiger partial charge is 0.387 e. The summed E-state index contributed by atoms with van der Waals surface area (Å²) in [6.45, 7) is 0. The van der Waals surface area contributed by atoms with Gasteiger partial charge in [0.1, 0.15) is 24.4 Å². The van der Waals surface area contributed by atoms with Crippen LogP contribution in [-0.2, 0) is 0 Å². The first kappa shape index (κ1) is 14.3. The van der Waals surface area contributed by atoms with Crippen LogP contribution in [0.4, 0.5) is 0 Å². The fourth-order valence-corrected chi connectivity index (χ4v) is 1.03. The molecule has 0 aromatic heterocycles. The van der Waals surface area contributed by atoms with E-state index in [1.807, 2.05) is 0 Å². The number of halogens is 2. The van der Waals surface area contributed by atoms with E-state index in [9.17, 15) is 0 Å². The maximum absolute atomic E-state index is 9.10. The highest BCUT2D eigenvalue weighted by Gasteiger charge is 2.35. The van der Waals surface area contributed by atoms with Crippen molar-refractivity contribution >= 4 is 23.2 Å². The topological polar surface area (TPSA) is 121 Å². The molecule has 6 N–H and O–H groups in total. The molecule has 0 saturated carbocycles. The van der Waals surface area contributed by atoms with Gasteiger partial charge in [-0.15, -0.1) is 0 Å². The molecule has 6 nitrogen and oxygen atoms in total. The van der Waals surface area contributed by atoms with Crippen molar-refractivity contribution in [3.63, 3.8) is 0 Å². The van der Waals surface area contributed by atoms with Crippen LogP contribution in [0.2, 0.25) is 0 Å². The molecule has 0 aliphatic rings. The van der Waals surface area contributed by atoms with Crippen LogP contribution in [0.5, 0.6) is 0 Å². The van der Waals surface area contributed by atoms with Crippen molar-refractivity contribution in [2.45, 2.75) is 35.5 Å².